The summed E-state index contributed by atoms with van der Waals surface area (Å²) in [6, 6.07) is 9.33. The third kappa shape index (κ3) is 4.95. The number of aromatic carboxylic acids is 1. The molecule has 0 aliphatic heterocycles. The zero-order valence-corrected chi connectivity index (χ0v) is 13.1. The summed E-state index contributed by atoms with van der Waals surface area (Å²) in [5.74, 6) is -0.874. The number of rotatable bonds is 4. The van der Waals surface area contributed by atoms with Crippen LogP contribution in [0.4, 0.5) is 4.39 Å². The summed E-state index contributed by atoms with van der Waals surface area (Å²) in [7, 11) is 0. The Kier molecular flexibility index (Phi) is 6.51. The predicted molar refractivity (Wildman–Crippen MR) is 64.5 cm³/mol. The average Bonchev–Trinajstić information content (AvgIpc) is 2.38. The van der Waals surface area contributed by atoms with E-state index in [1.165, 1.54) is 36.2 Å². The molecule has 1 heterocycles. The first kappa shape index (κ1) is 16.2. The molecule has 0 saturated carbocycles. The van der Waals surface area contributed by atoms with Crippen LogP contribution in [-0.4, -0.2) is 11.0 Å². The first-order valence-corrected chi connectivity index (χ1v) is 6.18. The molecule has 3 nitrogen and oxygen atoms in total. The van der Waals surface area contributed by atoms with E-state index < -0.39 is 5.97 Å². The fourth-order valence-corrected chi connectivity index (χ4v) is 2.15. The molecule has 1 aromatic carbocycles. The summed E-state index contributed by atoms with van der Waals surface area (Å²) in [4.78, 5) is 15.1. The largest absolute Gasteiger partial charge is 1.00 e. The van der Waals surface area contributed by atoms with Gasteiger partial charge in [0.25, 0.3) is 0 Å². The number of pyridine rings is 1. The normalized spacial score (nSPS) is 9.74. The minimum absolute atomic E-state index is 0. The monoisotopic (exact) mass is 285 g/mol. The molecule has 1 aromatic heterocycles. The number of benzene rings is 1. The Balaban J connectivity index is 0.00000180. The van der Waals surface area contributed by atoms with Gasteiger partial charge in [0.15, 0.2) is 0 Å². The number of carbonyl (C=O) groups is 1. The third-order valence-electron chi connectivity index (χ3n) is 2.26. The maximum Gasteiger partial charge on any atom is 1.00 e. The first-order chi connectivity index (χ1) is 8.65. The second-order valence-electron chi connectivity index (χ2n) is 3.58. The Morgan fingerprint density at radius 1 is 1.21 bits per heavy atom. The number of carboxylic acids is 1. The van der Waals surface area contributed by atoms with Crippen LogP contribution >= 0.6 is 11.8 Å². The van der Waals surface area contributed by atoms with E-state index in [-0.39, 0.29) is 41.1 Å². The van der Waals surface area contributed by atoms with Gasteiger partial charge in [-0.1, -0.05) is 12.1 Å². The first-order valence-electron chi connectivity index (χ1n) is 5.20. The van der Waals surface area contributed by atoms with E-state index in [9.17, 15) is 14.3 Å². The standard InChI is InChI=1S/C13H10FNO2S.Na/c14-10-3-1-9(2-4-10)8-18-11-5-6-12(13(16)17)15-7-11;/h1-7H,8H2,(H,16,17);/q;+1/p-1. The SMILES string of the molecule is O=C([O-])c1ccc(SCc2ccc(F)cc2)cn1.[Na+]. The number of nitrogens with zero attached hydrogens (tertiary/aromatic N) is 1. The van der Waals surface area contributed by atoms with Crippen molar-refractivity contribution < 1.29 is 43.8 Å². The van der Waals surface area contributed by atoms with Crippen LogP contribution in [0.1, 0.15) is 16.1 Å². The Bertz CT molecular complexity index is 546. The van der Waals surface area contributed by atoms with Crippen molar-refractivity contribution in [1.29, 1.82) is 0 Å². The summed E-state index contributed by atoms with van der Waals surface area (Å²) in [6.07, 6.45) is 1.49. The van der Waals surface area contributed by atoms with Crippen molar-refractivity contribution in [3.63, 3.8) is 0 Å². The Hall–Kier alpha value is -0.880. The van der Waals surface area contributed by atoms with Crippen LogP contribution in [0.25, 0.3) is 0 Å². The van der Waals surface area contributed by atoms with Crippen LogP contribution in [0, 0.1) is 5.82 Å². The van der Waals surface area contributed by atoms with E-state index in [1.807, 2.05) is 0 Å². The molecule has 0 atom stereocenters. The van der Waals surface area contributed by atoms with Crippen molar-refractivity contribution in [3.05, 3.63) is 59.7 Å². The van der Waals surface area contributed by atoms with E-state index in [1.54, 1.807) is 18.2 Å². The summed E-state index contributed by atoms with van der Waals surface area (Å²) in [5.41, 5.74) is 0.909. The molecule has 2 rings (SSSR count). The fraction of sp³-hybridized carbons (Fsp3) is 0.0769. The van der Waals surface area contributed by atoms with Crippen molar-refractivity contribution >= 4 is 17.7 Å². The second-order valence-corrected chi connectivity index (χ2v) is 4.63. The van der Waals surface area contributed by atoms with Gasteiger partial charge in [-0.2, -0.15) is 0 Å². The van der Waals surface area contributed by atoms with Crippen molar-refractivity contribution in [1.82, 2.24) is 4.98 Å². The number of halogens is 1. The molecule has 0 unspecified atom stereocenters. The molecule has 0 fully saturated rings. The van der Waals surface area contributed by atoms with Crippen molar-refractivity contribution in [2.75, 3.05) is 0 Å². The van der Waals surface area contributed by atoms with Gasteiger partial charge in [-0.05, 0) is 29.8 Å². The van der Waals surface area contributed by atoms with Gasteiger partial charge in [0, 0.05) is 16.8 Å². The number of carboxylic acid groups (broad SMARTS) is 1. The van der Waals surface area contributed by atoms with E-state index in [2.05, 4.69) is 4.98 Å². The number of thioether (sulfide) groups is 1. The molecule has 0 bridgehead atoms. The van der Waals surface area contributed by atoms with Gasteiger partial charge in [0.1, 0.15) is 5.82 Å². The zero-order valence-electron chi connectivity index (χ0n) is 10.3. The Morgan fingerprint density at radius 3 is 2.42 bits per heavy atom. The Morgan fingerprint density at radius 2 is 1.89 bits per heavy atom. The van der Waals surface area contributed by atoms with Crippen LogP contribution in [0.2, 0.25) is 0 Å². The molecule has 92 valence electrons. The zero-order chi connectivity index (χ0) is 13.0. The summed E-state index contributed by atoms with van der Waals surface area (Å²) in [5, 5.41) is 10.5. The van der Waals surface area contributed by atoms with Gasteiger partial charge in [0.05, 0.1) is 11.7 Å². The molecule has 6 heteroatoms. The minimum Gasteiger partial charge on any atom is -0.543 e. The molecule has 0 aliphatic carbocycles. The van der Waals surface area contributed by atoms with Gasteiger partial charge < -0.3 is 9.90 Å². The molecule has 0 aliphatic rings. The Labute approximate surface area is 136 Å². The van der Waals surface area contributed by atoms with Gasteiger partial charge in [-0.15, -0.1) is 11.8 Å². The van der Waals surface area contributed by atoms with Crippen LogP contribution in [0.15, 0.2) is 47.5 Å². The van der Waals surface area contributed by atoms with Crippen LogP contribution < -0.4 is 34.7 Å². The molecule has 0 saturated heterocycles. The number of carbonyl (C=O) groups excluding carboxylic acids is 1. The van der Waals surface area contributed by atoms with Gasteiger partial charge in [-0.3, -0.25) is 4.98 Å². The van der Waals surface area contributed by atoms with Gasteiger partial charge in [-0.25, -0.2) is 4.39 Å². The summed E-state index contributed by atoms with van der Waals surface area (Å²) in [6.45, 7) is 0. The van der Waals surface area contributed by atoms with E-state index in [0.29, 0.717) is 5.75 Å². The van der Waals surface area contributed by atoms with E-state index >= 15 is 0 Å². The van der Waals surface area contributed by atoms with Crippen LogP contribution in [-0.2, 0) is 5.75 Å². The van der Waals surface area contributed by atoms with Crippen LogP contribution in [0.3, 0.4) is 0 Å². The average molecular weight is 285 g/mol. The third-order valence-corrected chi connectivity index (χ3v) is 3.32. The molecule has 19 heavy (non-hydrogen) atoms. The molecule has 0 radical (unpaired) electrons. The number of hydrogen-bond donors (Lipinski definition) is 0. The summed E-state index contributed by atoms with van der Waals surface area (Å²) >= 11 is 1.50. The van der Waals surface area contributed by atoms with Crippen LogP contribution in [0.5, 0.6) is 0 Å². The molecular formula is C13H9FNNaO2S. The molecule has 0 amide bonds. The van der Waals surface area contributed by atoms with Gasteiger partial charge >= 0.3 is 29.6 Å². The van der Waals surface area contributed by atoms with E-state index in [0.717, 1.165) is 10.5 Å². The van der Waals surface area contributed by atoms with Crippen molar-refractivity contribution in [3.8, 4) is 0 Å². The predicted octanol–water partition coefficient (Wildman–Crippen LogP) is -1.12. The molecule has 0 spiro atoms. The molecule has 0 N–H and O–H groups in total. The topological polar surface area (TPSA) is 53.0 Å². The van der Waals surface area contributed by atoms with E-state index in [4.69, 9.17) is 0 Å². The minimum atomic E-state index is -1.29. The number of hydrogen-bond acceptors (Lipinski definition) is 4. The second kappa shape index (κ2) is 7.65. The quantitative estimate of drug-likeness (QED) is 0.527. The van der Waals surface area contributed by atoms with Crippen molar-refractivity contribution in [2.24, 2.45) is 0 Å². The molecule has 2 aromatic rings. The molecular weight excluding hydrogens is 276 g/mol. The maximum atomic E-state index is 12.7. The fourth-order valence-electron chi connectivity index (χ4n) is 1.33. The maximum absolute atomic E-state index is 12.7. The summed E-state index contributed by atoms with van der Waals surface area (Å²) < 4.78 is 12.7. The smallest absolute Gasteiger partial charge is 0.543 e. The number of aromatic nitrogens is 1. The van der Waals surface area contributed by atoms with Gasteiger partial charge in [0.2, 0.25) is 0 Å². The van der Waals surface area contributed by atoms with Crippen molar-refractivity contribution in [2.45, 2.75) is 10.6 Å².